The van der Waals surface area contributed by atoms with Crippen LogP contribution in [-0.2, 0) is 14.3 Å². The van der Waals surface area contributed by atoms with Gasteiger partial charge in [0.2, 0.25) is 0 Å². The van der Waals surface area contributed by atoms with Gasteiger partial charge in [0, 0.05) is 4.70 Å². The maximum absolute atomic E-state index is 11.4. The number of ether oxygens (including phenoxy) is 1. The zero-order valence-corrected chi connectivity index (χ0v) is 9.95. The van der Waals surface area contributed by atoms with Crippen molar-refractivity contribution in [2.45, 2.75) is 6.92 Å². The number of hydrogen-bond acceptors (Lipinski definition) is 5. The fraction of sp³-hybridized carbons (Fsp3) is 0.167. The van der Waals surface area contributed by atoms with E-state index in [2.05, 4.69) is 0 Å². The van der Waals surface area contributed by atoms with E-state index in [1.807, 2.05) is 37.3 Å². The molecule has 0 bridgehead atoms. The summed E-state index contributed by atoms with van der Waals surface area (Å²) in [6, 6.07) is 9.80. The van der Waals surface area contributed by atoms with Crippen molar-refractivity contribution < 1.29 is 19.1 Å². The van der Waals surface area contributed by atoms with E-state index in [0.717, 1.165) is 10.1 Å². The zero-order chi connectivity index (χ0) is 12.7. The van der Waals surface area contributed by atoms with Gasteiger partial charge in [-0.05, 0) is 24.4 Å². The number of rotatable bonds is 2. The van der Waals surface area contributed by atoms with Crippen LogP contribution in [0.4, 0.5) is 0 Å². The molecule has 0 spiro atoms. The molecule has 0 unspecified atom stereocenters. The van der Waals surface area contributed by atoms with Gasteiger partial charge in [0.15, 0.2) is 0 Å². The SMILES string of the molecule is CCOC(=O)c1cc2ccccc2s1.O=C=O. The molecule has 0 amide bonds. The Labute approximate surface area is 102 Å². The molecule has 88 valence electrons. The lowest BCUT2D eigenvalue weighted by molar-refractivity contribution is -0.191. The second kappa shape index (κ2) is 6.58. The zero-order valence-electron chi connectivity index (χ0n) is 9.14. The number of hydrogen-bond donors (Lipinski definition) is 0. The average Bonchev–Trinajstić information content (AvgIpc) is 2.74. The predicted octanol–water partition coefficient (Wildman–Crippen LogP) is 2.49. The first-order valence-corrected chi connectivity index (χ1v) is 5.69. The third-order valence-corrected chi connectivity index (χ3v) is 3.00. The van der Waals surface area contributed by atoms with Crippen molar-refractivity contribution >= 4 is 33.5 Å². The van der Waals surface area contributed by atoms with Crippen LogP contribution in [0.25, 0.3) is 10.1 Å². The molecule has 0 radical (unpaired) electrons. The highest BCUT2D eigenvalue weighted by atomic mass is 32.1. The van der Waals surface area contributed by atoms with E-state index in [4.69, 9.17) is 14.3 Å². The molecule has 0 fully saturated rings. The summed E-state index contributed by atoms with van der Waals surface area (Å²) in [5, 5.41) is 1.10. The first-order chi connectivity index (χ1) is 8.22. The minimum atomic E-state index is -0.228. The summed E-state index contributed by atoms with van der Waals surface area (Å²) in [7, 11) is 0. The van der Waals surface area contributed by atoms with Gasteiger partial charge in [0.05, 0.1) is 6.61 Å². The molecule has 5 heteroatoms. The Kier molecular flexibility index (Phi) is 5.07. The smallest absolute Gasteiger partial charge is 0.373 e. The van der Waals surface area contributed by atoms with Crippen LogP contribution in [-0.4, -0.2) is 18.7 Å². The molecule has 0 aliphatic rings. The molecule has 17 heavy (non-hydrogen) atoms. The van der Waals surface area contributed by atoms with Crippen molar-refractivity contribution in [1.82, 2.24) is 0 Å². The van der Waals surface area contributed by atoms with Crippen molar-refractivity contribution in [3.63, 3.8) is 0 Å². The fourth-order valence-corrected chi connectivity index (χ4v) is 2.24. The van der Waals surface area contributed by atoms with E-state index in [-0.39, 0.29) is 12.1 Å². The topological polar surface area (TPSA) is 60.4 Å². The van der Waals surface area contributed by atoms with Crippen LogP contribution in [0, 0.1) is 0 Å². The third-order valence-electron chi connectivity index (χ3n) is 1.90. The van der Waals surface area contributed by atoms with Gasteiger partial charge in [-0.25, -0.2) is 4.79 Å². The van der Waals surface area contributed by atoms with Crippen molar-refractivity contribution in [3.05, 3.63) is 35.2 Å². The monoisotopic (exact) mass is 250 g/mol. The van der Waals surface area contributed by atoms with Crippen LogP contribution in [0.2, 0.25) is 0 Å². The first-order valence-electron chi connectivity index (χ1n) is 4.88. The minimum absolute atomic E-state index is 0.228. The largest absolute Gasteiger partial charge is 0.462 e. The second-order valence-electron chi connectivity index (χ2n) is 2.95. The van der Waals surface area contributed by atoms with Crippen molar-refractivity contribution in [2.75, 3.05) is 6.61 Å². The summed E-state index contributed by atoms with van der Waals surface area (Å²) in [4.78, 5) is 28.3. The molecule has 0 saturated carbocycles. The fourth-order valence-electron chi connectivity index (χ4n) is 1.28. The summed E-state index contributed by atoms with van der Waals surface area (Å²) < 4.78 is 6.05. The van der Waals surface area contributed by atoms with Crippen LogP contribution in [0.3, 0.4) is 0 Å². The van der Waals surface area contributed by atoms with E-state index < -0.39 is 0 Å². The van der Waals surface area contributed by atoms with Crippen LogP contribution in [0.1, 0.15) is 16.6 Å². The molecule has 1 heterocycles. The lowest BCUT2D eigenvalue weighted by Gasteiger charge is -1.95. The average molecular weight is 250 g/mol. The van der Waals surface area contributed by atoms with Crippen molar-refractivity contribution in [2.24, 2.45) is 0 Å². The Bertz CT molecular complexity index is 505. The molecule has 0 atom stereocenters. The van der Waals surface area contributed by atoms with E-state index in [1.54, 1.807) is 0 Å². The molecule has 1 aromatic carbocycles. The van der Waals surface area contributed by atoms with E-state index in [9.17, 15) is 4.79 Å². The van der Waals surface area contributed by atoms with Gasteiger partial charge in [-0.1, -0.05) is 18.2 Å². The number of esters is 1. The highest BCUT2D eigenvalue weighted by molar-refractivity contribution is 7.20. The summed E-state index contributed by atoms with van der Waals surface area (Å²) in [5.74, 6) is -0.228. The van der Waals surface area contributed by atoms with Gasteiger partial charge in [-0.2, -0.15) is 9.59 Å². The van der Waals surface area contributed by atoms with Gasteiger partial charge in [0.1, 0.15) is 4.88 Å². The van der Waals surface area contributed by atoms with Gasteiger partial charge in [-0.3, -0.25) is 0 Å². The van der Waals surface area contributed by atoms with Gasteiger partial charge >= 0.3 is 12.1 Å². The minimum Gasteiger partial charge on any atom is -0.462 e. The molecular formula is C12H10O4S. The Morgan fingerprint density at radius 1 is 1.35 bits per heavy atom. The lowest BCUT2D eigenvalue weighted by atomic mass is 10.2. The Morgan fingerprint density at radius 3 is 2.59 bits per heavy atom. The first kappa shape index (κ1) is 13.1. The number of carbonyl (C=O) groups excluding carboxylic acids is 3. The number of benzene rings is 1. The summed E-state index contributed by atoms with van der Waals surface area (Å²) in [6.45, 7) is 2.23. The van der Waals surface area contributed by atoms with Gasteiger partial charge in [-0.15, -0.1) is 11.3 Å². The maximum Gasteiger partial charge on any atom is 0.373 e. The Hall–Kier alpha value is -1.97. The van der Waals surface area contributed by atoms with Crippen LogP contribution in [0.5, 0.6) is 0 Å². The molecule has 1 aromatic heterocycles. The third kappa shape index (κ3) is 3.52. The number of fused-ring (bicyclic) bond motifs is 1. The molecule has 0 aliphatic heterocycles. The molecule has 0 aliphatic carbocycles. The summed E-state index contributed by atoms with van der Waals surface area (Å²) >= 11 is 1.47. The Morgan fingerprint density at radius 2 is 2.00 bits per heavy atom. The normalized spacial score (nSPS) is 9.00. The second-order valence-corrected chi connectivity index (χ2v) is 4.04. The standard InChI is InChI=1S/C11H10O2S.CO2/c1-2-13-11(12)10-7-8-5-3-4-6-9(8)14-10;2-1-3/h3-7H,2H2,1H3;. The molecule has 4 nitrogen and oxygen atoms in total. The molecule has 0 N–H and O–H groups in total. The quantitative estimate of drug-likeness (QED) is 0.768. The molecule has 2 aromatic rings. The maximum atomic E-state index is 11.4. The van der Waals surface area contributed by atoms with Crippen molar-refractivity contribution in [1.29, 1.82) is 0 Å². The number of carbonyl (C=O) groups is 1. The number of thiophene rings is 1. The molecule has 2 rings (SSSR count). The van der Waals surface area contributed by atoms with Crippen LogP contribution >= 0.6 is 11.3 Å². The van der Waals surface area contributed by atoms with Gasteiger partial charge < -0.3 is 4.74 Å². The summed E-state index contributed by atoms with van der Waals surface area (Å²) in [6.07, 6.45) is 0.250. The summed E-state index contributed by atoms with van der Waals surface area (Å²) in [5.41, 5.74) is 0. The highest BCUT2D eigenvalue weighted by Crippen LogP contribution is 2.25. The lowest BCUT2D eigenvalue weighted by Crippen LogP contribution is -2.01. The van der Waals surface area contributed by atoms with E-state index in [0.29, 0.717) is 11.5 Å². The van der Waals surface area contributed by atoms with E-state index >= 15 is 0 Å². The highest BCUT2D eigenvalue weighted by Gasteiger charge is 2.09. The van der Waals surface area contributed by atoms with Crippen molar-refractivity contribution in [3.8, 4) is 0 Å². The Balaban J connectivity index is 0.000000437. The molecule has 0 saturated heterocycles. The van der Waals surface area contributed by atoms with E-state index in [1.165, 1.54) is 11.3 Å². The van der Waals surface area contributed by atoms with Crippen LogP contribution < -0.4 is 0 Å². The molecular weight excluding hydrogens is 240 g/mol. The van der Waals surface area contributed by atoms with Crippen LogP contribution in [0.15, 0.2) is 30.3 Å². The predicted molar refractivity (Wildman–Crippen MR) is 62.8 cm³/mol. The van der Waals surface area contributed by atoms with Gasteiger partial charge in [0.25, 0.3) is 0 Å².